The van der Waals surface area contributed by atoms with Gasteiger partial charge in [-0.2, -0.15) is 0 Å². The lowest BCUT2D eigenvalue weighted by atomic mass is 10.1. The van der Waals surface area contributed by atoms with Gasteiger partial charge in [0, 0.05) is 13.0 Å². The van der Waals surface area contributed by atoms with Crippen molar-refractivity contribution in [2.24, 2.45) is 5.73 Å². The Morgan fingerprint density at radius 3 is 3.00 bits per heavy atom. The molecule has 0 radical (unpaired) electrons. The molecule has 5 heteroatoms. The summed E-state index contributed by atoms with van der Waals surface area (Å²) in [4.78, 5) is 10.1. The minimum atomic E-state index is -1.02. The number of ether oxygens (including phenoxy) is 2. The summed E-state index contributed by atoms with van der Waals surface area (Å²) in [5, 5.41) is 9.48. The molecule has 11 heavy (non-hydrogen) atoms. The summed E-state index contributed by atoms with van der Waals surface area (Å²) in [5.41, 5.74) is 3.70. The van der Waals surface area contributed by atoms with Crippen LogP contribution >= 0.6 is 0 Å². The van der Waals surface area contributed by atoms with Crippen LogP contribution in [0.5, 0.6) is 0 Å². The highest BCUT2D eigenvalue weighted by Gasteiger charge is 2.33. The molecule has 64 valence electrons. The first-order chi connectivity index (χ1) is 5.12. The third-order valence-electron chi connectivity index (χ3n) is 1.57. The minimum Gasteiger partial charge on any atom is -0.447 e. The SMILES string of the molecule is NC(=O)OC[C@@]1(O)CCOC1. The highest BCUT2D eigenvalue weighted by molar-refractivity contribution is 5.64. The molecule has 0 unspecified atom stereocenters. The molecule has 0 bridgehead atoms. The van der Waals surface area contributed by atoms with E-state index in [2.05, 4.69) is 4.74 Å². The molecular formula is C6H11NO4. The molecule has 0 aromatic rings. The van der Waals surface area contributed by atoms with Crippen LogP contribution in [0.25, 0.3) is 0 Å². The molecule has 5 nitrogen and oxygen atoms in total. The van der Waals surface area contributed by atoms with E-state index in [4.69, 9.17) is 10.5 Å². The lowest BCUT2D eigenvalue weighted by molar-refractivity contribution is -0.0247. The standard InChI is InChI=1S/C6H11NO4/c7-5(8)11-4-6(9)1-2-10-3-6/h9H,1-4H2,(H2,7,8)/t6-/m1/s1. The predicted octanol–water partition coefficient (Wildman–Crippen LogP) is -0.767. The molecule has 1 aliphatic rings. The van der Waals surface area contributed by atoms with Crippen molar-refractivity contribution in [2.75, 3.05) is 19.8 Å². The first kappa shape index (κ1) is 8.29. The van der Waals surface area contributed by atoms with Gasteiger partial charge in [0.2, 0.25) is 0 Å². The Hall–Kier alpha value is -0.810. The smallest absolute Gasteiger partial charge is 0.404 e. The molecule has 1 rings (SSSR count). The number of primary amides is 1. The van der Waals surface area contributed by atoms with E-state index in [1.165, 1.54) is 0 Å². The molecular weight excluding hydrogens is 150 g/mol. The second kappa shape index (κ2) is 3.06. The maximum Gasteiger partial charge on any atom is 0.404 e. The first-order valence-electron chi connectivity index (χ1n) is 3.35. The van der Waals surface area contributed by atoms with E-state index in [9.17, 15) is 9.90 Å². The minimum absolute atomic E-state index is 0.0810. The normalized spacial score (nSPS) is 30.3. The van der Waals surface area contributed by atoms with E-state index in [0.29, 0.717) is 13.0 Å². The van der Waals surface area contributed by atoms with Gasteiger partial charge in [0.15, 0.2) is 0 Å². The molecule has 1 fully saturated rings. The van der Waals surface area contributed by atoms with Crippen molar-refractivity contribution >= 4 is 6.09 Å². The van der Waals surface area contributed by atoms with Crippen LogP contribution in [0, 0.1) is 0 Å². The molecule has 1 saturated heterocycles. The molecule has 1 heterocycles. The van der Waals surface area contributed by atoms with Crippen molar-refractivity contribution in [3.05, 3.63) is 0 Å². The number of carbonyl (C=O) groups is 1. The van der Waals surface area contributed by atoms with Crippen LogP contribution < -0.4 is 5.73 Å². The third kappa shape index (κ3) is 2.36. The monoisotopic (exact) mass is 161 g/mol. The van der Waals surface area contributed by atoms with Crippen LogP contribution in [0.15, 0.2) is 0 Å². The maximum atomic E-state index is 10.1. The van der Waals surface area contributed by atoms with Crippen LogP contribution in [-0.4, -0.2) is 36.6 Å². The molecule has 1 aliphatic heterocycles. The van der Waals surface area contributed by atoms with E-state index in [-0.39, 0.29) is 13.2 Å². The number of hydrogen-bond acceptors (Lipinski definition) is 4. The van der Waals surface area contributed by atoms with Gasteiger partial charge in [-0.15, -0.1) is 0 Å². The zero-order valence-corrected chi connectivity index (χ0v) is 6.08. The highest BCUT2D eigenvalue weighted by atomic mass is 16.6. The van der Waals surface area contributed by atoms with E-state index in [0.717, 1.165) is 0 Å². The van der Waals surface area contributed by atoms with E-state index < -0.39 is 11.7 Å². The summed E-state index contributed by atoms with van der Waals surface area (Å²) in [5.74, 6) is 0. The zero-order chi connectivity index (χ0) is 8.32. The van der Waals surface area contributed by atoms with Gasteiger partial charge in [0.25, 0.3) is 0 Å². The van der Waals surface area contributed by atoms with Crippen LogP contribution in [0.1, 0.15) is 6.42 Å². The number of rotatable bonds is 2. The number of carbonyl (C=O) groups excluding carboxylic acids is 1. The van der Waals surface area contributed by atoms with E-state index >= 15 is 0 Å². The molecule has 0 aromatic carbocycles. The van der Waals surface area contributed by atoms with Gasteiger partial charge in [-0.25, -0.2) is 4.79 Å². The summed E-state index contributed by atoms with van der Waals surface area (Å²) in [7, 11) is 0. The van der Waals surface area contributed by atoms with Crippen LogP contribution in [0.4, 0.5) is 4.79 Å². The maximum absolute atomic E-state index is 10.1. The van der Waals surface area contributed by atoms with Gasteiger partial charge < -0.3 is 20.3 Å². The van der Waals surface area contributed by atoms with Crippen molar-refractivity contribution in [3.63, 3.8) is 0 Å². The third-order valence-corrected chi connectivity index (χ3v) is 1.57. The van der Waals surface area contributed by atoms with Crippen LogP contribution in [0.3, 0.4) is 0 Å². The quantitative estimate of drug-likeness (QED) is 0.557. The summed E-state index contributed by atoms with van der Waals surface area (Å²) in [6.45, 7) is 0.626. The molecule has 0 spiro atoms. The second-order valence-corrected chi connectivity index (χ2v) is 2.63. The average molecular weight is 161 g/mol. The molecule has 3 N–H and O–H groups in total. The van der Waals surface area contributed by atoms with Crippen molar-refractivity contribution in [1.82, 2.24) is 0 Å². The largest absolute Gasteiger partial charge is 0.447 e. The van der Waals surface area contributed by atoms with Crippen LogP contribution in [0.2, 0.25) is 0 Å². The van der Waals surface area contributed by atoms with Gasteiger partial charge in [-0.1, -0.05) is 0 Å². The summed E-state index contributed by atoms with van der Waals surface area (Å²) >= 11 is 0. The Labute approximate surface area is 64.1 Å². The first-order valence-corrected chi connectivity index (χ1v) is 3.35. The lowest BCUT2D eigenvalue weighted by Crippen LogP contribution is -2.36. The predicted molar refractivity (Wildman–Crippen MR) is 35.9 cm³/mol. The fourth-order valence-corrected chi connectivity index (χ4v) is 0.916. The van der Waals surface area contributed by atoms with Gasteiger partial charge in [-0.05, 0) is 0 Å². The fraction of sp³-hybridized carbons (Fsp3) is 0.833. The van der Waals surface area contributed by atoms with Crippen LogP contribution in [-0.2, 0) is 9.47 Å². The van der Waals surface area contributed by atoms with E-state index in [1.807, 2.05) is 0 Å². The Bertz CT molecular complexity index is 153. The van der Waals surface area contributed by atoms with E-state index in [1.54, 1.807) is 0 Å². The van der Waals surface area contributed by atoms with Gasteiger partial charge in [-0.3, -0.25) is 0 Å². The molecule has 1 amide bonds. The number of nitrogens with two attached hydrogens (primary N) is 1. The van der Waals surface area contributed by atoms with Gasteiger partial charge in [0.05, 0.1) is 6.61 Å². The van der Waals surface area contributed by atoms with Crippen molar-refractivity contribution in [2.45, 2.75) is 12.0 Å². The summed E-state index contributed by atoms with van der Waals surface area (Å²) in [6, 6.07) is 0. The summed E-state index contributed by atoms with van der Waals surface area (Å²) in [6.07, 6.45) is -0.384. The van der Waals surface area contributed by atoms with Crippen molar-refractivity contribution in [1.29, 1.82) is 0 Å². The Morgan fingerprint density at radius 1 is 1.82 bits per heavy atom. The number of amides is 1. The Kier molecular flexibility index (Phi) is 2.31. The lowest BCUT2D eigenvalue weighted by Gasteiger charge is -2.18. The zero-order valence-electron chi connectivity index (χ0n) is 6.08. The molecule has 0 aliphatic carbocycles. The Morgan fingerprint density at radius 2 is 2.55 bits per heavy atom. The van der Waals surface area contributed by atoms with Gasteiger partial charge >= 0.3 is 6.09 Å². The molecule has 0 aromatic heterocycles. The highest BCUT2D eigenvalue weighted by Crippen LogP contribution is 2.18. The fourth-order valence-electron chi connectivity index (χ4n) is 0.916. The van der Waals surface area contributed by atoms with Crippen molar-refractivity contribution in [3.8, 4) is 0 Å². The topological polar surface area (TPSA) is 81.8 Å². The Balaban J connectivity index is 2.28. The number of aliphatic hydroxyl groups is 1. The second-order valence-electron chi connectivity index (χ2n) is 2.63. The number of hydrogen-bond donors (Lipinski definition) is 2. The average Bonchev–Trinajstić information content (AvgIpc) is 2.33. The van der Waals surface area contributed by atoms with Gasteiger partial charge in [0.1, 0.15) is 12.2 Å². The summed E-state index contributed by atoms with van der Waals surface area (Å²) < 4.78 is 9.35. The molecule has 0 saturated carbocycles. The molecule has 1 atom stereocenters. The van der Waals surface area contributed by atoms with Crippen molar-refractivity contribution < 1.29 is 19.4 Å².